The van der Waals surface area contributed by atoms with Crippen molar-refractivity contribution in [3.05, 3.63) is 0 Å². The molecule has 0 aromatic rings. The lowest BCUT2D eigenvalue weighted by Gasteiger charge is -2.35. The van der Waals surface area contributed by atoms with Gasteiger partial charge < -0.3 is 20.7 Å². The van der Waals surface area contributed by atoms with E-state index in [-0.39, 0.29) is 12.1 Å². The Morgan fingerprint density at radius 2 is 2.25 bits per heavy atom. The maximum atomic E-state index is 11.8. The number of carbonyl (C=O) groups excluding carboxylic acids is 1. The summed E-state index contributed by atoms with van der Waals surface area (Å²) in [5.74, 6) is 0. The van der Waals surface area contributed by atoms with Gasteiger partial charge in [0.2, 0.25) is 0 Å². The molecule has 0 radical (unpaired) electrons. The minimum atomic E-state index is -0.295. The average molecular weight is 243 g/mol. The first-order valence-electron chi connectivity index (χ1n) is 5.63. The second-order valence-corrected chi connectivity index (χ2v) is 4.76. The van der Waals surface area contributed by atoms with Gasteiger partial charge in [-0.3, -0.25) is 0 Å². The Bertz CT molecular complexity index is 294. The molecule has 1 atom stereocenters. The van der Waals surface area contributed by atoms with E-state index in [1.54, 1.807) is 4.90 Å². The van der Waals surface area contributed by atoms with Crippen LogP contribution in [0.2, 0.25) is 0 Å². The van der Waals surface area contributed by atoms with Crippen LogP contribution >= 0.6 is 12.2 Å². The molecule has 0 aromatic heterocycles. The number of urea groups is 1. The Kier molecular flexibility index (Phi) is 3.60. The fourth-order valence-electron chi connectivity index (χ4n) is 1.82. The standard InChI is InChI=1S/C10H17N3O2S/c11-9(16)8-6-13(4-5-15-8)10(14)12-7-2-1-3-7/h7-8H,1-6H2,(H2,11,16)(H,12,14). The number of nitrogens with zero attached hydrogens (tertiary/aromatic N) is 1. The van der Waals surface area contributed by atoms with Crippen molar-refractivity contribution in [3.8, 4) is 0 Å². The zero-order valence-corrected chi connectivity index (χ0v) is 9.96. The molecule has 6 heteroatoms. The summed E-state index contributed by atoms with van der Waals surface area (Å²) >= 11 is 4.87. The van der Waals surface area contributed by atoms with Gasteiger partial charge in [0.1, 0.15) is 11.1 Å². The monoisotopic (exact) mass is 243 g/mol. The fourth-order valence-corrected chi connectivity index (χ4v) is 1.97. The van der Waals surface area contributed by atoms with E-state index < -0.39 is 0 Å². The van der Waals surface area contributed by atoms with Gasteiger partial charge in [-0.05, 0) is 19.3 Å². The van der Waals surface area contributed by atoms with Gasteiger partial charge in [0.05, 0.1) is 13.2 Å². The lowest BCUT2D eigenvalue weighted by atomic mass is 9.93. The summed E-state index contributed by atoms with van der Waals surface area (Å²) in [6.07, 6.45) is 3.10. The van der Waals surface area contributed by atoms with Crippen LogP contribution < -0.4 is 11.1 Å². The fraction of sp³-hybridized carbons (Fsp3) is 0.800. The number of amides is 2. The normalized spacial score (nSPS) is 26.0. The van der Waals surface area contributed by atoms with E-state index in [2.05, 4.69) is 5.32 Å². The van der Waals surface area contributed by atoms with Crippen LogP contribution in [0.25, 0.3) is 0 Å². The number of hydrogen-bond acceptors (Lipinski definition) is 3. The van der Waals surface area contributed by atoms with E-state index in [4.69, 9.17) is 22.7 Å². The van der Waals surface area contributed by atoms with Crippen molar-refractivity contribution in [1.82, 2.24) is 10.2 Å². The lowest BCUT2D eigenvalue weighted by Crippen LogP contribution is -2.55. The molecule has 5 nitrogen and oxygen atoms in total. The molecular weight excluding hydrogens is 226 g/mol. The third kappa shape index (κ3) is 2.62. The zero-order valence-electron chi connectivity index (χ0n) is 9.15. The number of nitrogens with one attached hydrogen (secondary N) is 1. The number of thiocarbonyl (C=S) groups is 1. The molecule has 1 aliphatic carbocycles. The second-order valence-electron chi connectivity index (χ2n) is 4.29. The van der Waals surface area contributed by atoms with Crippen LogP contribution in [0.15, 0.2) is 0 Å². The zero-order chi connectivity index (χ0) is 11.5. The minimum absolute atomic E-state index is 0.0192. The Morgan fingerprint density at radius 1 is 1.50 bits per heavy atom. The van der Waals surface area contributed by atoms with Crippen molar-refractivity contribution < 1.29 is 9.53 Å². The van der Waals surface area contributed by atoms with Crippen molar-refractivity contribution in [1.29, 1.82) is 0 Å². The number of carbonyl (C=O) groups is 1. The first-order valence-corrected chi connectivity index (χ1v) is 6.04. The first-order chi connectivity index (χ1) is 7.66. The summed E-state index contributed by atoms with van der Waals surface area (Å²) < 4.78 is 5.38. The average Bonchev–Trinajstić information content (AvgIpc) is 2.23. The van der Waals surface area contributed by atoms with Crippen molar-refractivity contribution in [3.63, 3.8) is 0 Å². The van der Waals surface area contributed by atoms with Crippen molar-refractivity contribution in [2.45, 2.75) is 31.4 Å². The Labute approximate surface area is 100 Å². The Morgan fingerprint density at radius 3 is 2.81 bits per heavy atom. The number of rotatable bonds is 2. The summed E-state index contributed by atoms with van der Waals surface area (Å²) in [6, 6.07) is 0.341. The lowest BCUT2D eigenvalue weighted by molar-refractivity contribution is 0.0215. The molecule has 1 heterocycles. The second kappa shape index (κ2) is 4.97. The van der Waals surface area contributed by atoms with Crippen molar-refractivity contribution in [2.24, 2.45) is 5.73 Å². The molecule has 16 heavy (non-hydrogen) atoms. The summed E-state index contributed by atoms with van der Waals surface area (Å²) in [5, 5.41) is 2.99. The van der Waals surface area contributed by atoms with Crippen LogP contribution in [0, 0.1) is 0 Å². The summed E-state index contributed by atoms with van der Waals surface area (Å²) in [7, 11) is 0. The highest BCUT2D eigenvalue weighted by molar-refractivity contribution is 7.80. The SMILES string of the molecule is NC(=S)C1CN(C(=O)NC2CCC2)CCO1. The van der Waals surface area contributed by atoms with E-state index in [0.717, 1.165) is 12.8 Å². The van der Waals surface area contributed by atoms with Gasteiger partial charge in [0.25, 0.3) is 0 Å². The number of hydrogen-bond donors (Lipinski definition) is 2. The van der Waals surface area contributed by atoms with E-state index in [0.29, 0.717) is 30.7 Å². The van der Waals surface area contributed by atoms with Crippen LogP contribution in [-0.4, -0.2) is 47.8 Å². The molecule has 1 saturated carbocycles. The Balaban J connectivity index is 1.83. The predicted molar refractivity (Wildman–Crippen MR) is 64.3 cm³/mol. The number of morpholine rings is 1. The van der Waals surface area contributed by atoms with Crippen LogP contribution in [-0.2, 0) is 4.74 Å². The van der Waals surface area contributed by atoms with Gasteiger partial charge in [-0.25, -0.2) is 4.79 Å². The topological polar surface area (TPSA) is 67.6 Å². The van der Waals surface area contributed by atoms with Crippen LogP contribution in [0.4, 0.5) is 4.79 Å². The Hall–Kier alpha value is -0.880. The molecule has 1 unspecified atom stereocenters. The molecule has 0 aromatic carbocycles. The van der Waals surface area contributed by atoms with E-state index in [1.807, 2.05) is 0 Å². The minimum Gasteiger partial charge on any atom is -0.391 e. The van der Waals surface area contributed by atoms with Gasteiger partial charge >= 0.3 is 6.03 Å². The van der Waals surface area contributed by atoms with E-state index >= 15 is 0 Å². The van der Waals surface area contributed by atoms with Crippen LogP contribution in [0.3, 0.4) is 0 Å². The molecule has 90 valence electrons. The summed E-state index contributed by atoms with van der Waals surface area (Å²) in [4.78, 5) is 13.9. The molecule has 2 amide bonds. The van der Waals surface area contributed by atoms with Crippen molar-refractivity contribution >= 4 is 23.2 Å². The third-order valence-electron chi connectivity index (χ3n) is 3.10. The van der Waals surface area contributed by atoms with Crippen molar-refractivity contribution in [2.75, 3.05) is 19.7 Å². The third-order valence-corrected chi connectivity index (χ3v) is 3.37. The van der Waals surface area contributed by atoms with Gasteiger partial charge in [-0.1, -0.05) is 12.2 Å². The highest BCUT2D eigenvalue weighted by Crippen LogP contribution is 2.18. The highest BCUT2D eigenvalue weighted by Gasteiger charge is 2.28. The summed E-state index contributed by atoms with van der Waals surface area (Å²) in [5.41, 5.74) is 5.52. The largest absolute Gasteiger partial charge is 0.391 e. The molecular formula is C10H17N3O2S. The molecule has 0 spiro atoms. The quantitative estimate of drug-likeness (QED) is 0.682. The van der Waals surface area contributed by atoms with Gasteiger partial charge in [-0.2, -0.15) is 0 Å². The first kappa shape index (κ1) is 11.6. The molecule has 2 rings (SSSR count). The van der Waals surface area contributed by atoms with Crippen LogP contribution in [0.5, 0.6) is 0 Å². The number of ether oxygens (including phenoxy) is 1. The molecule has 3 N–H and O–H groups in total. The highest BCUT2D eigenvalue weighted by atomic mass is 32.1. The maximum Gasteiger partial charge on any atom is 0.317 e. The predicted octanol–water partition coefficient (Wildman–Crippen LogP) is 0.235. The number of nitrogens with two attached hydrogens (primary N) is 1. The molecule has 2 aliphatic rings. The smallest absolute Gasteiger partial charge is 0.317 e. The maximum absolute atomic E-state index is 11.8. The van der Waals surface area contributed by atoms with Gasteiger partial charge in [-0.15, -0.1) is 0 Å². The van der Waals surface area contributed by atoms with E-state index in [1.165, 1.54) is 6.42 Å². The molecule has 2 fully saturated rings. The summed E-state index contributed by atoms with van der Waals surface area (Å²) in [6.45, 7) is 1.58. The molecule has 0 bridgehead atoms. The van der Waals surface area contributed by atoms with Gasteiger partial charge in [0, 0.05) is 12.6 Å². The van der Waals surface area contributed by atoms with Crippen LogP contribution in [0.1, 0.15) is 19.3 Å². The van der Waals surface area contributed by atoms with E-state index in [9.17, 15) is 4.79 Å². The molecule has 1 aliphatic heterocycles. The van der Waals surface area contributed by atoms with Gasteiger partial charge in [0.15, 0.2) is 0 Å². The molecule has 1 saturated heterocycles.